The predicted molar refractivity (Wildman–Crippen MR) is 135 cm³/mol. The van der Waals surface area contributed by atoms with Crippen LogP contribution in [0.5, 0.6) is 0 Å². The van der Waals surface area contributed by atoms with E-state index in [1.807, 2.05) is 24.3 Å². The van der Waals surface area contributed by atoms with E-state index in [0.29, 0.717) is 11.7 Å². The SMILES string of the molecule is CCc1ccccc1NC(=O)CSc1nc2sc3c(c2c(=O)n1CC1CCCO1)CCCC3. The first-order valence-corrected chi connectivity index (χ1v) is 13.6. The molecule has 0 spiro atoms. The number of benzene rings is 1. The molecule has 1 saturated heterocycles. The Morgan fingerprint density at radius 3 is 2.94 bits per heavy atom. The molecule has 174 valence electrons. The molecule has 6 nitrogen and oxygen atoms in total. The molecule has 0 radical (unpaired) electrons. The molecule has 0 saturated carbocycles. The molecule has 1 atom stereocenters. The van der Waals surface area contributed by atoms with Gasteiger partial charge in [-0.1, -0.05) is 36.9 Å². The minimum Gasteiger partial charge on any atom is -0.376 e. The van der Waals surface area contributed by atoms with Gasteiger partial charge in [0.1, 0.15) is 4.83 Å². The summed E-state index contributed by atoms with van der Waals surface area (Å²) in [6.07, 6.45) is 7.13. The molecule has 33 heavy (non-hydrogen) atoms. The number of nitrogens with one attached hydrogen (secondary N) is 1. The van der Waals surface area contributed by atoms with Gasteiger partial charge in [0.25, 0.3) is 5.56 Å². The van der Waals surface area contributed by atoms with Crippen molar-refractivity contribution < 1.29 is 9.53 Å². The second-order valence-corrected chi connectivity index (χ2v) is 10.7. The standard InChI is InChI=1S/C25H29N3O3S2/c1-2-16-8-3-5-11-19(16)26-21(29)15-32-25-27-23-22(18-10-4-6-12-20(18)33-23)24(30)28(25)14-17-9-7-13-31-17/h3,5,8,11,17H,2,4,6-7,9-10,12-15H2,1H3,(H,26,29). The van der Waals surface area contributed by atoms with E-state index in [9.17, 15) is 9.59 Å². The molecule has 1 N–H and O–H groups in total. The second kappa shape index (κ2) is 9.99. The molecule has 1 amide bonds. The van der Waals surface area contributed by atoms with Crippen molar-refractivity contribution in [2.45, 2.75) is 69.7 Å². The number of carbonyl (C=O) groups is 1. The van der Waals surface area contributed by atoms with Gasteiger partial charge >= 0.3 is 0 Å². The molecule has 3 aromatic rings. The number of aromatic nitrogens is 2. The molecule has 0 bridgehead atoms. The van der Waals surface area contributed by atoms with Crippen LogP contribution in [-0.2, 0) is 35.3 Å². The van der Waals surface area contributed by atoms with Gasteiger partial charge in [-0.2, -0.15) is 0 Å². The summed E-state index contributed by atoms with van der Waals surface area (Å²) in [4.78, 5) is 33.4. The fourth-order valence-electron chi connectivity index (χ4n) is 4.75. The van der Waals surface area contributed by atoms with E-state index in [4.69, 9.17) is 9.72 Å². The molecule has 1 aliphatic carbocycles. The average Bonchev–Trinajstić information content (AvgIpc) is 3.47. The summed E-state index contributed by atoms with van der Waals surface area (Å²) < 4.78 is 7.59. The summed E-state index contributed by atoms with van der Waals surface area (Å²) in [6.45, 7) is 3.31. The number of fused-ring (bicyclic) bond motifs is 3. The smallest absolute Gasteiger partial charge is 0.263 e. The van der Waals surface area contributed by atoms with Gasteiger partial charge in [0.15, 0.2) is 5.16 Å². The van der Waals surface area contributed by atoms with Crippen LogP contribution in [0.2, 0.25) is 0 Å². The van der Waals surface area contributed by atoms with Crippen molar-refractivity contribution in [2.24, 2.45) is 0 Å². The highest BCUT2D eigenvalue weighted by atomic mass is 32.2. The molecular formula is C25H29N3O3S2. The van der Waals surface area contributed by atoms with Gasteiger partial charge in [-0.05, 0) is 62.1 Å². The van der Waals surface area contributed by atoms with E-state index in [1.165, 1.54) is 28.6 Å². The first-order chi connectivity index (χ1) is 16.1. The number of aryl methyl sites for hydroxylation is 3. The maximum atomic E-state index is 13.6. The second-order valence-electron chi connectivity index (χ2n) is 8.68. The highest BCUT2D eigenvalue weighted by Gasteiger charge is 2.25. The van der Waals surface area contributed by atoms with Crippen LogP contribution in [0.1, 0.15) is 48.6 Å². The fraction of sp³-hybridized carbons (Fsp3) is 0.480. The van der Waals surface area contributed by atoms with Crippen molar-refractivity contribution in [1.29, 1.82) is 0 Å². The molecule has 1 fully saturated rings. The van der Waals surface area contributed by atoms with Gasteiger partial charge in [0.05, 0.1) is 23.8 Å². The number of para-hydroxylation sites is 1. The van der Waals surface area contributed by atoms with Crippen molar-refractivity contribution >= 4 is 44.9 Å². The third-order valence-corrected chi connectivity index (χ3v) is 8.62. The van der Waals surface area contributed by atoms with Gasteiger partial charge in [0, 0.05) is 17.2 Å². The highest BCUT2D eigenvalue weighted by Crippen LogP contribution is 2.35. The van der Waals surface area contributed by atoms with Crippen LogP contribution < -0.4 is 10.9 Å². The number of thiophene rings is 1. The molecule has 8 heteroatoms. The Hall–Kier alpha value is -2.16. The first kappa shape index (κ1) is 22.6. The van der Waals surface area contributed by atoms with E-state index in [0.717, 1.165) is 66.6 Å². The first-order valence-electron chi connectivity index (χ1n) is 11.8. The van der Waals surface area contributed by atoms with Crippen LogP contribution in [0, 0.1) is 0 Å². The molecule has 1 aliphatic heterocycles. The zero-order chi connectivity index (χ0) is 22.8. The number of ether oxygens (including phenoxy) is 1. The molecule has 1 unspecified atom stereocenters. The van der Waals surface area contributed by atoms with Crippen molar-refractivity contribution in [2.75, 3.05) is 17.7 Å². The van der Waals surface area contributed by atoms with Gasteiger partial charge in [-0.25, -0.2) is 4.98 Å². The van der Waals surface area contributed by atoms with E-state index in [1.54, 1.807) is 15.9 Å². The highest BCUT2D eigenvalue weighted by molar-refractivity contribution is 7.99. The number of rotatable bonds is 7. The summed E-state index contributed by atoms with van der Waals surface area (Å²) in [5, 5.41) is 4.42. The molecular weight excluding hydrogens is 454 g/mol. The molecule has 2 aliphatic rings. The van der Waals surface area contributed by atoms with Crippen molar-refractivity contribution in [3.8, 4) is 0 Å². The summed E-state index contributed by atoms with van der Waals surface area (Å²) in [6, 6.07) is 7.85. The van der Waals surface area contributed by atoms with E-state index in [-0.39, 0.29) is 23.3 Å². The number of thioether (sulfide) groups is 1. The van der Waals surface area contributed by atoms with Crippen molar-refractivity contribution in [1.82, 2.24) is 9.55 Å². The van der Waals surface area contributed by atoms with Crippen LogP contribution in [0.25, 0.3) is 10.2 Å². The summed E-state index contributed by atoms with van der Waals surface area (Å²) in [5.74, 6) is 0.108. The summed E-state index contributed by atoms with van der Waals surface area (Å²) in [5.41, 5.74) is 3.17. The maximum Gasteiger partial charge on any atom is 0.263 e. The predicted octanol–water partition coefficient (Wildman–Crippen LogP) is 4.81. The van der Waals surface area contributed by atoms with Crippen LogP contribution in [0.4, 0.5) is 5.69 Å². The number of nitrogens with zero attached hydrogens (tertiary/aromatic N) is 2. The van der Waals surface area contributed by atoms with E-state index >= 15 is 0 Å². The van der Waals surface area contributed by atoms with Gasteiger partial charge in [-0.3, -0.25) is 14.2 Å². The minimum atomic E-state index is -0.0932. The zero-order valence-electron chi connectivity index (χ0n) is 18.9. The Kier molecular flexibility index (Phi) is 6.85. The lowest BCUT2D eigenvalue weighted by Gasteiger charge is -2.16. The third-order valence-electron chi connectivity index (χ3n) is 6.45. The largest absolute Gasteiger partial charge is 0.376 e. The van der Waals surface area contributed by atoms with Crippen LogP contribution in [0.3, 0.4) is 0 Å². The molecule has 5 rings (SSSR count). The Balaban J connectivity index is 1.43. The number of anilines is 1. The van der Waals surface area contributed by atoms with Crippen LogP contribution >= 0.6 is 23.1 Å². The van der Waals surface area contributed by atoms with Crippen molar-refractivity contribution in [3.05, 3.63) is 50.6 Å². The summed E-state index contributed by atoms with van der Waals surface area (Å²) in [7, 11) is 0. The Bertz CT molecular complexity index is 1230. The fourth-order valence-corrected chi connectivity index (χ4v) is 6.86. The Labute approximate surface area is 201 Å². The van der Waals surface area contributed by atoms with Crippen molar-refractivity contribution in [3.63, 3.8) is 0 Å². The summed E-state index contributed by atoms with van der Waals surface area (Å²) >= 11 is 2.99. The van der Waals surface area contributed by atoms with Gasteiger partial charge in [-0.15, -0.1) is 11.3 Å². The lowest BCUT2D eigenvalue weighted by atomic mass is 9.97. The average molecular weight is 484 g/mol. The quantitative estimate of drug-likeness (QED) is 0.386. The monoisotopic (exact) mass is 483 g/mol. The number of hydrogen-bond donors (Lipinski definition) is 1. The molecule has 3 heterocycles. The van der Waals surface area contributed by atoms with Gasteiger partial charge < -0.3 is 10.1 Å². The topological polar surface area (TPSA) is 73.2 Å². The molecule has 1 aromatic carbocycles. The van der Waals surface area contributed by atoms with E-state index < -0.39 is 0 Å². The van der Waals surface area contributed by atoms with E-state index in [2.05, 4.69) is 12.2 Å². The normalized spacial score (nSPS) is 17.9. The number of carbonyl (C=O) groups excluding carboxylic acids is 1. The Morgan fingerprint density at radius 2 is 2.12 bits per heavy atom. The lowest BCUT2D eigenvalue weighted by Crippen LogP contribution is -2.29. The molecule has 2 aromatic heterocycles. The Morgan fingerprint density at radius 1 is 1.27 bits per heavy atom. The zero-order valence-corrected chi connectivity index (χ0v) is 20.5. The number of amides is 1. The van der Waals surface area contributed by atoms with Gasteiger partial charge in [0.2, 0.25) is 5.91 Å². The van der Waals surface area contributed by atoms with Crippen LogP contribution in [0.15, 0.2) is 34.2 Å². The minimum absolute atomic E-state index is 0.0223. The maximum absolute atomic E-state index is 13.6. The lowest BCUT2D eigenvalue weighted by molar-refractivity contribution is -0.113. The third kappa shape index (κ3) is 4.74. The number of hydrogen-bond acceptors (Lipinski definition) is 6. The van der Waals surface area contributed by atoms with Crippen LogP contribution in [-0.4, -0.2) is 33.9 Å².